The lowest BCUT2D eigenvalue weighted by atomic mass is 9.87. The maximum Gasteiger partial charge on any atom is 0.289 e. The number of furan rings is 1. The second kappa shape index (κ2) is 6.52. The molecule has 2 aliphatic heterocycles. The molecule has 25 heavy (non-hydrogen) atoms. The van der Waals surface area contributed by atoms with Gasteiger partial charge in [0.2, 0.25) is 0 Å². The molecule has 0 bridgehead atoms. The predicted molar refractivity (Wildman–Crippen MR) is 93.7 cm³/mol. The molecule has 2 saturated heterocycles. The highest BCUT2D eigenvalue weighted by Crippen LogP contribution is 2.35. The summed E-state index contributed by atoms with van der Waals surface area (Å²) in [6.45, 7) is 6.17. The van der Waals surface area contributed by atoms with Gasteiger partial charge in [-0.25, -0.2) is 4.98 Å². The second-order valence-electron chi connectivity index (χ2n) is 7.05. The fourth-order valence-electron chi connectivity index (χ4n) is 3.79. The van der Waals surface area contributed by atoms with E-state index in [-0.39, 0.29) is 11.3 Å². The fraction of sp³-hybridized carbons (Fsp3) is 0.474. The second-order valence-corrected chi connectivity index (χ2v) is 7.05. The number of carbonyl (C=O) groups is 1. The van der Waals surface area contributed by atoms with Crippen LogP contribution in [0.2, 0.25) is 0 Å². The Morgan fingerprint density at radius 1 is 1.20 bits per heavy atom. The van der Waals surface area contributed by atoms with Crippen LogP contribution in [0, 0.1) is 12.3 Å². The van der Waals surface area contributed by atoms with E-state index in [9.17, 15) is 4.79 Å². The van der Waals surface area contributed by atoms with Crippen molar-refractivity contribution in [3.8, 4) is 0 Å². The Morgan fingerprint density at radius 2 is 2.12 bits per heavy atom. The Bertz CT molecular complexity index is 745. The minimum atomic E-state index is -0.0503. The van der Waals surface area contributed by atoms with Gasteiger partial charge in [0.1, 0.15) is 11.6 Å². The summed E-state index contributed by atoms with van der Waals surface area (Å²) in [5.41, 5.74) is -0.0503. The molecule has 0 aliphatic carbocycles. The summed E-state index contributed by atoms with van der Waals surface area (Å²) in [5.74, 6) is 2.11. The minimum absolute atomic E-state index is 0.0470. The highest BCUT2D eigenvalue weighted by molar-refractivity contribution is 5.91. The van der Waals surface area contributed by atoms with E-state index in [1.807, 2.05) is 42.3 Å². The molecule has 1 spiro atoms. The molecule has 6 nitrogen and oxygen atoms in total. The predicted octanol–water partition coefficient (Wildman–Crippen LogP) is 2.35. The number of nitrogens with zero attached hydrogens (tertiary/aromatic N) is 3. The van der Waals surface area contributed by atoms with E-state index < -0.39 is 0 Å². The standard InChI is InChI=1S/C19H23N3O3/c1-15-5-6-16(25-15)18(23)22-10-11-24-14-19(13-22)7-9-21(12-19)17-4-2-3-8-20-17/h2-6,8H,7,9-14H2,1H3/t19-/m1/s1. The summed E-state index contributed by atoms with van der Waals surface area (Å²) in [5, 5.41) is 0. The van der Waals surface area contributed by atoms with E-state index in [4.69, 9.17) is 9.15 Å². The lowest BCUT2D eigenvalue weighted by molar-refractivity contribution is 0.0662. The van der Waals surface area contributed by atoms with Crippen LogP contribution in [0.25, 0.3) is 0 Å². The van der Waals surface area contributed by atoms with E-state index in [1.165, 1.54) is 0 Å². The molecule has 2 aromatic rings. The van der Waals surface area contributed by atoms with Gasteiger partial charge >= 0.3 is 0 Å². The van der Waals surface area contributed by atoms with Gasteiger partial charge in [-0.3, -0.25) is 4.79 Å². The van der Waals surface area contributed by atoms with Crippen molar-refractivity contribution >= 4 is 11.7 Å². The van der Waals surface area contributed by atoms with Gasteiger partial charge in [0.25, 0.3) is 5.91 Å². The third-order valence-corrected chi connectivity index (χ3v) is 5.09. The molecule has 132 valence electrons. The molecule has 6 heteroatoms. The Hall–Kier alpha value is -2.34. The van der Waals surface area contributed by atoms with Crippen molar-refractivity contribution in [2.75, 3.05) is 44.3 Å². The number of amides is 1. The van der Waals surface area contributed by atoms with Gasteiger partial charge in [-0.05, 0) is 37.6 Å². The van der Waals surface area contributed by atoms with E-state index in [0.29, 0.717) is 32.1 Å². The molecule has 2 aliphatic rings. The van der Waals surface area contributed by atoms with Gasteiger partial charge in [-0.15, -0.1) is 0 Å². The molecule has 4 heterocycles. The summed E-state index contributed by atoms with van der Waals surface area (Å²) < 4.78 is 11.4. The Labute approximate surface area is 147 Å². The number of aryl methyl sites for hydroxylation is 1. The van der Waals surface area contributed by atoms with Crippen LogP contribution in [-0.4, -0.2) is 55.2 Å². The molecule has 0 N–H and O–H groups in total. The van der Waals surface area contributed by atoms with E-state index >= 15 is 0 Å². The molecule has 0 aromatic carbocycles. The van der Waals surface area contributed by atoms with Crippen molar-refractivity contribution in [3.63, 3.8) is 0 Å². The van der Waals surface area contributed by atoms with Gasteiger partial charge in [-0.2, -0.15) is 0 Å². The number of aromatic nitrogens is 1. The highest BCUT2D eigenvalue weighted by atomic mass is 16.5. The normalized spacial score (nSPS) is 23.9. The van der Waals surface area contributed by atoms with Crippen molar-refractivity contribution in [2.24, 2.45) is 5.41 Å². The smallest absolute Gasteiger partial charge is 0.289 e. The first-order valence-corrected chi connectivity index (χ1v) is 8.75. The number of ether oxygens (including phenoxy) is 1. The van der Waals surface area contributed by atoms with E-state index in [0.717, 1.165) is 31.1 Å². The number of hydrogen-bond donors (Lipinski definition) is 0. The molecular formula is C19H23N3O3. The first-order chi connectivity index (χ1) is 12.2. The molecule has 1 atom stereocenters. The van der Waals surface area contributed by atoms with Crippen LogP contribution in [0.1, 0.15) is 22.7 Å². The molecule has 4 rings (SSSR count). The average Bonchev–Trinajstić information content (AvgIpc) is 3.18. The van der Waals surface area contributed by atoms with Gasteiger partial charge < -0.3 is 19.0 Å². The maximum atomic E-state index is 12.8. The first kappa shape index (κ1) is 16.1. The average molecular weight is 341 g/mol. The molecule has 0 saturated carbocycles. The Morgan fingerprint density at radius 3 is 2.88 bits per heavy atom. The van der Waals surface area contributed by atoms with Crippen molar-refractivity contribution in [1.29, 1.82) is 0 Å². The maximum absolute atomic E-state index is 12.8. The first-order valence-electron chi connectivity index (χ1n) is 8.75. The van der Waals surface area contributed by atoms with Crippen LogP contribution in [0.5, 0.6) is 0 Å². The lowest BCUT2D eigenvalue weighted by Crippen LogP contribution is -2.43. The quantitative estimate of drug-likeness (QED) is 0.839. The van der Waals surface area contributed by atoms with Gasteiger partial charge in [-0.1, -0.05) is 6.07 Å². The molecule has 0 radical (unpaired) electrons. The van der Waals surface area contributed by atoms with Crippen LogP contribution in [0.15, 0.2) is 40.9 Å². The van der Waals surface area contributed by atoms with Gasteiger partial charge in [0, 0.05) is 37.8 Å². The number of rotatable bonds is 2. The molecule has 2 fully saturated rings. The summed E-state index contributed by atoms with van der Waals surface area (Å²) in [6.07, 6.45) is 2.81. The summed E-state index contributed by atoms with van der Waals surface area (Å²) in [7, 11) is 0. The number of hydrogen-bond acceptors (Lipinski definition) is 5. The minimum Gasteiger partial charge on any atom is -0.456 e. The van der Waals surface area contributed by atoms with Crippen LogP contribution >= 0.6 is 0 Å². The Kier molecular flexibility index (Phi) is 4.21. The topological polar surface area (TPSA) is 58.8 Å². The largest absolute Gasteiger partial charge is 0.456 e. The molecular weight excluding hydrogens is 318 g/mol. The van der Waals surface area contributed by atoms with Crippen LogP contribution < -0.4 is 4.90 Å². The van der Waals surface area contributed by atoms with Crippen molar-refractivity contribution in [3.05, 3.63) is 48.0 Å². The monoisotopic (exact) mass is 341 g/mol. The Balaban J connectivity index is 1.51. The zero-order valence-corrected chi connectivity index (χ0v) is 14.5. The fourth-order valence-corrected chi connectivity index (χ4v) is 3.79. The SMILES string of the molecule is Cc1ccc(C(=O)N2CCOC[C@@]3(CCN(c4ccccn4)C3)C2)o1. The number of pyridine rings is 1. The van der Waals surface area contributed by atoms with Gasteiger partial charge in [0.15, 0.2) is 5.76 Å². The summed E-state index contributed by atoms with van der Waals surface area (Å²) in [4.78, 5) is 21.4. The summed E-state index contributed by atoms with van der Waals surface area (Å²) in [6, 6.07) is 9.55. The molecule has 0 unspecified atom stereocenters. The van der Waals surface area contributed by atoms with Crippen molar-refractivity contribution in [1.82, 2.24) is 9.88 Å². The zero-order valence-electron chi connectivity index (χ0n) is 14.5. The van der Waals surface area contributed by atoms with Crippen LogP contribution in [0.3, 0.4) is 0 Å². The molecule has 1 amide bonds. The van der Waals surface area contributed by atoms with Gasteiger partial charge in [0.05, 0.1) is 13.2 Å². The van der Waals surface area contributed by atoms with E-state index in [1.54, 1.807) is 6.07 Å². The highest BCUT2D eigenvalue weighted by Gasteiger charge is 2.43. The lowest BCUT2D eigenvalue weighted by Gasteiger charge is -2.31. The van der Waals surface area contributed by atoms with Crippen molar-refractivity contribution in [2.45, 2.75) is 13.3 Å². The number of carbonyl (C=O) groups excluding carboxylic acids is 1. The van der Waals surface area contributed by atoms with E-state index in [2.05, 4.69) is 9.88 Å². The zero-order chi connectivity index (χ0) is 17.3. The summed E-state index contributed by atoms with van der Waals surface area (Å²) >= 11 is 0. The third kappa shape index (κ3) is 3.26. The van der Waals surface area contributed by atoms with Crippen molar-refractivity contribution < 1.29 is 13.9 Å². The number of anilines is 1. The van der Waals surface area contributed by atoms with Crippen LogP contribution in [0.4, 0.5) is 5.82 Å². The molecule has 2 aromatic heterocycles. The third-order valence-electron chi connectivity index (χ3n) is 5.09. The van der Waals surface area contributed by atoms with Crippen LogP contribution in [-0.2, 0) is 4.74 Å².